The lowest BCUT2D eigenvalue weighted by molar-refractivity contribution is -0.199. The molecule has 27 heavy (non-hydrogen) atoms. The normalized spacial score (nSPS) is 26.1. The highest BCUT2D eigenvalue weighted by molar-refractivity contribution is 4.86. The van der Waals surface area contributed by atoms with Gasteiger partial charge in [0.2, 0.25) is 0 Å². The van der Waals surface area contributed by atoms with Gasteiger partial charge in [-0.05, 0) is 32.1 Å². The summed E-state index contributed by atoms with van der Waals surface area (Å²) in [7, 11) is 0. The summed E-state index contributed by atoms with van der Waals surface area (Å²) in [5.41, 5.74) is 0. The van der Waals surface area contributed by atoms with Crippen LogP contribution >= 0.6 is 0 Å². The first-order chi connectivity index (χ1) is 13.2. The Hall–Kier alpha value is -0.460. The van der Waals surface area contributed by atoms with E-state index in [2.05, 4.69) is 19.1 Å². The summed E-state index contributed by atoms with van der Waals surface area (Å²) >= 11 is 0. The molecule has 0 amide bonds. The molecule has 1 aliphatic rings. The molecule has 0 aromatic heterocycles. The average molecular weight is 387 g/mol. The molecule has 0 unspecified atom stereocenters. The molecule has 0 aliphatic carbocycles. The van der Waals surface area contributed by atoms with Crippen LogP contribution in [0.4, 0.5) is 0 Å². The molecule has 0 aromatic rings. The van der Waals surface area contributed by atoms with E-state index < -0.39 is 24.4 Å². The molecule has 160 valence electrons. The van der Waals surface area contributed by atoms with E-state index in [1.807, 2.05) is 0 Å². The summed E-state index contributed by atoms with van der Waals surface area (Å²) in [5.74, 6) is 0. The molecule has 1 aliphatic heterocycles. The van der Waals surface area contributed by atoms with Gasteiger partial charge in [-0.2, -0.15) is 0 Å². The van der Waals surface area contributed by atoms with Gasteiger partial charge in [-0.3, -0.25) is 0 Å². The maximum absolute atomic E-state index is 9.81. The first-order valence-corrected chi connectivity index (χ1v) is 11.0. The van der Waals surface area contributed by atoms with E-state index in [1.54, 1.807) is 0 Å². The standard InChI is InChI=1S/C22H42O5/c1-2-3-4-5-6-7-8-9-10-11-12-13-14-15-16-26-18-20-22(25)21(24)19(23)17-27-20/h8-9,19-25H,2-7,10-18H2,1H3/b9-8+/t19-,20+,21+,22+/m1/s1. The van der Waals surface area contributed by atoms with E-state index in [4.69, 9.17) is 9.47 Å². The highest BCUT2D eigenvalue weighted by Gasteiger charge is 2.37. The molecule has 0 aromatic carbocycles. The molecular formula is C22H42O5. The minimum absolute atomic E-state index is 0.0412. The van der Waals surface area contributed by atoms with Crippen molar-refractivity contribution < 1.29 is 24.8 Å². The van der Waals surface area contributed by atoms with Crippen LogP contribution < -0.4 is 0 Å². The molecular weight excluding hydrogens is 344 g/mol. The summed E-state index contributed by atoms with van der Waals surface area (Å²) in [4.78, 5) is 0. The molecule has 5 heteroatoms. The maximum atomic E-state index is 9.81. The van der Waals surface area contributed by atoms with Gasteiger partial charge in [0.05, 0.1) is 13.2 Å². The minimum Gasteiger partial charge on any atom is -0.388 e. The third kappa shape index (κ3) is 11.9. The average Bonchev–Trinajstić information content (AvgIpc) is 2.67. The zero-order chi connectivity index (χ0) is 19.7. The number of ether oxygens (including phenoxy) is 2. The van der Waals surface area contributed by atoms with Crippen LogP contribution in [0.5, 0.6) is 0 Å². The van der Waals surface area contributed by atoms with Gasteiger partial charge in [-0.1, -0.05) is 64.0 Å². The molecule has 0 radical (unpaired) electrons. The predicted octanol–water partition coefficient (Wildman–Crippen LogP) is 3.74. The van der Waals surface area contributed by atoms with Gasteiger partial charge < -0.3 is 24.8 Å². The van der Waals surface area contributed by atoms with Crippen LogP contribution in [0.2, 0.25) is 0 Å². The number of rotatable bonds is 16. The highest BCUT2D eigenvalue weighted by atomic mass is 16.6. The van der Waals surface area contributed by atoms with E-state index in [-0.39, 0.29) is 13.2 Å². The number of aliphatic hydroxyl groups excluding tert-OH is 3. The summed E-state index contributed by atoms with van der Waals surface area (Å²) in [5, 5.41) is 28.8. The van der Waals surface area contributed by atoms with Crippen molar-refractivity contribution in [1.29, 1.82) is 0 Å². The van der Waals surface area contributed by atoms with Crippen LogP contribution in [0.15, 0.2) is 12.2 Å². The Morgan fingerprint density at radius 2 is 1.41 bits per heavy atom. The van der Waals surface area contributed by atoms with Crippen molar-refractivity contribution in [3.05, 3.63) is 12.2 Å². The molecule has 1 heterocycles. The van der Waals surface area contributed by atoms with Gasteiger partial charge >= 0.3 is 0 Å². The molecule has 5 nitrogen and oxygen atoms in total. The van der Waals surface area contributed by atoms with Crippen LogP contribution in [-0.2, 0) is 9.47 Å². The van der Waals surface area contributed by atoms with Crippen molar-refractivity contribution in [3.63, 3.8) is 0 Å². The Kier molecular flexibility index (Phi) is 15.0. The second kappa shape index (κ2) is 16.5. The maximum Gasteiger partial charge on any atom is 0.111 e. The Labute approximate surface area is 165 Å². The fraction of sp³-hybridized carbons (Fsp3) is 0.909. The highest BCUT2D eigenvalue weighted by Crippen LogP contribution is 2.16. The Morgan fingerprint density at radius 1 is 0.815 bits per heavy atom. The van der Waals surface area contributed by atoms with Crippen LogP contribution in [0.25, 0.3) is 0 Å². The number of hydrogen-bond acceptors (Lipinski definition) is 5. The van der Waals surface area contributed by atoms with Crippen molar-refractivity contribution in [2.24, 2.45) is 0 Å². The molecule has 1 fully saturated rings. The zero-order valence-corrected chi connectivity index (χ0v) is 17.2. The van der Waals surface area contributed by atoms with Crippen LogP contribution in [0.1, 0.15) is 84.0 Å². The van der Waals surface area contributed by atoms with Crippen molar-refractivity contribution in [1.82, 2.24) is 0 Å². The second-order valence-corrected chi connectivity index (χ2v) is 7.73. The largest absolute Gasteiger partial charge is 0.388 e. The lowest BCUT2D eigenvalue weighted by atomic mass is 10.0. The summed E-state index contributed by atoms with van der Waals surface area (Å²) in [6.07, 6.45) is 16.0. The first-order valence-electron chi connectivity index (χ1n) is 11.0. The molecule has 3 N–H and O–H groups in total. The fourth-order valence-electron chi connectivity index (χ4n) is 3.31. The second-order valence-electron chi connectivity index (χ2n) is 7.73. The van der Waals surface area contributed by atoms with Crippen molar-refractivity contribution in [2.75, 3.05) is 19.8 Å². The van der Waals surface area contributed by atoms with Gasteiger partial charge in [0.15, 0.2) is 0 Å². The van der Waals surface area contributed by atoms with E-state index >= 15 is 0 Å². The van der Waals surface area contributed by atoms with E-state index in [1.165, 1.54) is 64.2 Å². The van der Waals surface area contributed by atoms with Crippen molar-refractivity contribution in [3.8, 4) is 0 Å². The van der Waals surface area contributed by atoms with E-state index in [0.29, 0.717) is 6.61 Å². The minimum atomic E-state index is -1.15. The van der Waals surface area contributed by atoms with Crippen molar-refractivity contribution >= 4 is 0 Å². The predicted molar refractivity (Wildman–Crippen MR) is 109 cm³/mol. The first kappa shape index (κ1) is 24.6. The molecule has 0 bridgehead atoms. The van der Waals surface area contributed by atoms with Crippen LogP contribution in [-0.4, -0.2) is 59.6 Å². The summed E-state index contributed by atoms with van der Waals surface area (Å²) in [6.45, 7) is 3.19. The van der Waals surface area contributed by atoms with Gasteiger partial charge in [0.25, 0.3) is 0 Å². The quantitative estimate of drug-likeness (QED) is 0.278. The lowest BCUT2D eigenvalue weighted by Crippen LogP contribution is -2.54. The molecule has 1 rings (SSSR count). The SMILES string of the molecule is CCCCCCC/C=C/CCCCCCCOC[C@@H]1OC[C@@H](O)[C@H](O)[C@H]1O. The van der Waals surface area contributed by atoms with Gasteiger partial charge in [0.1, 0.15) is 24.4 Å². The Morgan fingerprint density at radius 3 is 2.07 bits per heavy atom. The third-order valence-corrected chi connectivity index (χ3v) is 5.19. The Bertz CT molecular complexity index is 361. The Balaban J connectivity index is 1.83. The molecule has 0 saturated carbocycles. The van der Waals surface area contributed by atoms with E-state index in [9.17, 15) is 15.3 Å². The summed E-state index contributed by atoms with van der Waals surface area (Å²) < 4.78 is 10.9. The van der Waals surface area contributed by atoms with Gasteiger partial charge in [-0.25, -0.2) is 0 Å². The van der Waals surface area contributed by atoms with Crippen molar-refractivity contribution in [2.45, 2.75) is 108 Å². The smallest absolute Gasteiger partial charge is 0.111 e. The number of allylic oxidation sites excluding steroid dienone is 2. The number of hydrogen-bond donors (Lipinski definition) is 3. The topological polar surface area (TPSA) is 79.2 Å². The number of unbranched alkanes of at least 4 members (excludes halogenated alkanes) is 10. The zero-order valence-electron chi connectivity index (χ0n) is 17.2. The third-order valence-electron chi connectivity index (χ3n) is 5.19. The van der Waals surface area contributed by atoms with Gasteiger partial charge in [0, 0.05) is 6.61 Å². The summed E-state index contributed by atoms with van der Waals surface area (Å²) in [6, 6.07) is 0. The lowest BCUT2D eigenvalue weighted by Gasteiger charge is -2.35. The van der Waals surface area contributed by atoms with Crippen LogP contribution in [0.3, 0.4) is 0 Å². The number of aliphatic hydroxyl groups is 3. The monoisotopic (exact) mass is 386 g/mol. The van der Waals surface area contributed by atoms with E-state index in [0.717, 1.165) is 12.8 Å². The molecule has 1 saturated heterocycles. The van der Waals surface area contributed by atoms with Crippen LogP contribution in [0, 0.1) is 0 Å². The molecule has 0 spiro atoms. The molecule has 4 atom stereocenters. The fourth-order valence-corrected chi connectivity index (χ4v) is 3.31. The van der Waals surface area contributed by atoms with Gasteiger partial charge in [-0.15, -0.1) is 0 Å².